The van der Waals surface area contributed by atoms with Crippen LogP contribution in [0.15, 0.2) is 6.20 Å². The summed E-state index contributed by atoms with van der Waals surface area (Å²) in [6.07, 6.45) is 7.10. The Morgan fingerprint density at radius 1 is 1.47 bits per heavy atom. The fourth-order valence-electron chi connectivity index (χ4n) is 2.49. The van der Waals surface area contributed by atoms with E-state index in [1.165, 1.54) is 36.9 Å². The Bertz CT molecular complexity index is 328. The van der Waals surface area contributed by atoms with Crippen molar-refractivity contribution in [1.29, 1.82) is 0 Å². The number of rotatable bonds is 2. The van der Waals surface area contributed by atoms with E-state index >= 15 is 0 Å². The molecule has 0 fully saturated rings. The van der Waals surface area contributed by atoms with Gasteiger partial charge in [-0.1, -0.05) is 6.42 Å². The van der Waals surface area contributed by atoms with Crippen LogP contribution < -0.4 is 5.32 Å². The highest BCUT2D eigenvalue weighted by Crippen LogP contribution is 2.29. The van der Waals surface area contributed by atoms with Gasteiger partial charge in [0.2, 0.25) is 0 Å². The summed E-state index contributed by atoms with van der Waals surface area (Å²) >= 11 is 0. The second-order valence-corrected chi connectivity index (χ2v) is 4.67. The minimum atomic E-state index is 0.476. The van der Waals surface area contributed by atoms with Crippen molar-refractivity contribution in [2.75, 3.05) is 7.05 Å². The maximum absolute atomic E-state index is 4.51. The molecule has 1 unspecified atom stereocenters. The van der Waals surface area contributed by atoms with Crippen molar-refractivity contribution in [2.45, 2.75) is 51.6 Å². The van der Waals surface area contributed by atoms with Gasteiger partial charge in [0.15, 0.2) is 0 Å². The maximum Gasteiger partial charge on any atom is 0.0540 e. The van der Waals surface area contributed by atoms with Gasteiger partial charge in [0.25, 0.3) is 0 Å². The van der Waals surface area contributed by atoms with Crippen LogP contribution >= 0.6 is 0 Å². The zero-order chi connectivity index (χ0) is 10.8. The molecule has 3 heteroatoms. The highest BCUT2D eigenvalue weighted by Gasteiger charge is 2.21. The van der Waals surface area contributed by atoms with Crippen molar-refractivity contribution >= 4 is 0 Å². The van der Waals surface area contributed by atoms with Gasteiger partial charge in [0.05, 0.1) is 6.20 Å². The highest BCUT2D eigenvalue weighted by atomic mass is 15.3. The molecule has 15 heavy (non-hydrogen) atoms. The minimum Gasteiger partial charge on any atom is -0.313 e. The molecule has 0 aliphatic heterocycles. The fraction of sp³-hybridized carbons (Fsp3) is 0.750. The van der Waals surface area contributed by atoms with Crippen molar-refractivity contribution in [3.8, 4) is 0 Å². The van der Waals surface area contributed by atoms with Crippen LogP contribution in [-0.2, 0) is 6.42 Å². The Balaban J connectivity index is 2.38. The minimum absolute atomic E-state index is 0.476. The van der Waals surface area contributed by atoms with Gasteiger partial charge in [-0.15, -0.1) is 0 Å². The van der Waals surface area contributed by atoms with Gasteiger partial charge in [-0.05, 0) is 40.2 Å². The summed E-state index contributed by atoms with van der Waals surface area (Å²) in [4.78, 5) is 0. The van der Waals surface area contributed by atoms with Gasteiger partial charge < -0.3 is 5.32 Å². The first kappa shape index (κ1) is 10.7. The van der Waals surface area contributed by atoms with Crippen molar-refractivity contribution in [2.24, 2.45) is 0 Å². The third-order valence-electron chi connectivity index (χ3n) is 3.30. The van der Waals surface area contributed by atoms with E-state index in [-0.39, 0.29) is 0 Å². The van der Waals surface area contributed by atoms with E-state index in [9.17, 15) is 0 Å². The first-order chi connectivity index (χ1) is 7.24. The predicted octanol–water partition coefficient (Wildman–Crippen LogP) is 2.45. The van der Waals surface area contributed by atoms with Crippen molar-refractivity contribution in [3.05, 3.63) is 17.5 Å². The molecule has 0 amide bonds. The summed E-state index contributed by atoms with van der Waals surface area (Å²) in [5.41, 5.74) is 2.87. The third kappa shape index (κ3) is 1.93. The van der Waals surface area contributed by atoms with Crippen LogP contribution in [0.4, 0.5) is 0 Å². The zero-order valence-corrected chi connectivity index (χ0v) is 9.95. The number of hydrogen-bond donors (Lipinski definition) is 1. The van der Waals surface area contributed by atoms with E-state index in [2.05, 4.69) is 35.1 Å². The van der Waals surface area contributed by atoms with Gasteiger partial charge in [-0.25, -0.2) is 0 Å². The molecule has 3 nitrogen and oxygen atoms in total. The monoisotopic (exact) mass is 207 g/mol. The molecule has 0 aromatic carbocycles. The van der Waals surface area contributed by atoms with E-state index in [1.54, 1.807) is 0 Å². The van der Waals surface area contributed by atoms with Gasteiger partial charge in [0.1, 0.15) is 0 Å². The zero-order valence-electron chi connectivity index (χ0n) is 9.95. The lowest BCUT2D eigenvalue weighted by atomic mass is 10.1. The number of fused-ring (bicyclic) bond motifs is 1. The van der Waals surface area contributed by atoms with E-state index in [1.807, 2.05) is 7.05 Å². The highest BCUT2D eigenvalue weighted by molar-refractivity contribution is 5.24. The maximum atomic E-state index is 4.51. The molecule has 1 heterocycles. The van der Waals surface area contributed by atoms with Crippen LogP contribution in [0.1, 0.15) is 56.5 Å². The topological polar surface area (TPSA) is 29.9 Å². The van der Waals surface area contributed by atoms with E-state index in [4.69, 9.17) is 0 Å². The number of nitrogens with one attached hydrogen (secondary N) is 1. The van der Waals surface area contributed by atoms with Crippen LogP contribution in [0.3, 0.4) is 0 Å². The Morgan fingerprint density at radius 3 is 2.93 bits per heavy atom. The molecule has 1 atom stereocenters. The van der Waals surface area contributed by atoms with Crippen LogP contribution in [0.5, 0.6) is 0 Å². The SMILES string of the molecule is CNC1CCCCc2c1cnn2C(C)C. The van der Waals surface area contributed by atoms with Crippen molar-refractivity contribution in [1.82, 2.24) is 15.1 Å². The molecule has 1 N–H and O–H groups in total. The van der Waals surface area contributed by atoms with Gasteiger partial charge in [-0.3, -0.25) is 4.68 Å². The quantitative estimate of drug-likeness (QED) is 0.755. The molecule has 84 valence electrons. The molecule has 1 aromatic heterocycles. The Labute approximate surface area is 91.9 Å². The molecule has 0 bridgehead atoms. The van der Waals surface area contributed by atoms with E-state index in [0.29, 0.717) is 12.1 Å². The average molecular weight is 207 g/mol. The van der Waals surface area contributed by atoms with Crippen LogP contribution in [-0.4, -0.2) is 16.8 Å². The Kier molecular flexibility index (Phi) is 3.10. The lowest BCUT2D eigenvalue weighted by Gasteiger charge is -2.14. The Morgan fingerprint density at radius 2 is 2.27 bits per heavy atom. The normalized spacial score (nSPS) is 21.5. The van der Waals surface area contributed by atoms with Gasteiger partial charge >= 0.3 is 0 Å². The summed E-state index contributed by atoms with van der Waals surface area (Å²) in [6.45, 7) is 4.40. The second-order valence-electron chi connectivity index (χ2n) is 4.67. The molecule has 0 spiro atoms. The largest absolute Gasteiger partial charge is 0.313 e. The fourth-order valence-corrected chi connectivity index (χ4v) is 2.49. The number of aromatic nitrogens is 2. The third-order valence-corrected chi connectivity index (χ3v) is 3.30. The summed E-state index contributed by atoms with van der Waals surface area (Å²) in [6, 6.07) is 0.986. The molecule has 1 aromatic rings. The summed E-state index contributed by atoms with van der Waals surface area (Å²) in [5, 5.41) is 7.91. The average Bonchev–Trinajstić information content (AvgIpc) is 2.53. The molecule has 0 saturated heterocycles. The van der Waals surface area contributed by atoms with Gasteiger partial charge in [0, 0.05) is 23.3 Å². The number of nitrogens with zero attached hydrogens (tertiary/aromatic N) is 2. The summed E-state index contributed by atoms with van der Waals surface area (Å²) < 4.78 is 2.19. The van der Waals surface area contributed by atoms with E-state index < -0.39 is 0 Å². The molecule has 1 aliphatic rings. The summed E-state index contributed by atoms with van der Waals surface area (Å²) in [5.74, 6) is 0. The molecule has 0 saturated carbocycles. The standard InChI is InChI=1S/C12H21N3/c1-9(2)15-12-7-5-4-6-11(13-3)10(12)8-14-15/h8-9,11,13H,4-7H2,1-3H3. The summed E-state index contributed by atoms with van der Waals surface area (Å²) in [7, 11) is 2.05. The first-order valence-corrected chi connectivity index (χ1v) is 5.97. The second kappa shape index (κ2) is 4.35. The van der Waals surface area contributed by atoms with Crippen molar-refractivity contribution in [3.63, 3.8) is 0 Å². The Hall–Kier alpha value is -0.830. The van der Waals surface area contributed by atoms with Crippen molar-refractivity contribution < 1.29 is 0 Å². The molecule has 0 radical (unpaired) electrons. The van der Waals surface area contributed by atoms with Gasteiger partial charge in [-0.2, -0.15) is 5.10 Å². The smallest absolute Gasteiger partial charge is 0.0540 e. The predicted molar refractivity (Wildman–Crippen MR) is 62.0 cm³/mol. The first-order valence-electron chi connectivity index (χ1n) is 5.97. The van der Waals surface area contributed by atoms with Crippen LogP contribution in [0.2, 0.25) is 0 Å². The lowest BCUT2D eigenvalue weighted by Crippen LogP contribution is -2.16. The molecule has 1 aliphatic carbocycles. The van der Waals surface area contributed by atoms with Crippen LogP contribution in [0, 0.1) is 0 Å². The molecular weight excluding hydrogens is 186 g/mol. The van der Waals surface area contributed by atoms with Crippen LogP contribution in [0.25, 0.3) is 0 Å². The lowest BCUT2D eigenvalue weighted by molar-refractivity contribution is 0.504. The molecule has 2 rings (SSSR count). The molecular formula is C12H21N3. The number of hydrogen-bond acceptors (Lipinski definition) is 2. The van der Waals surface area contributed by atoms with E-state index in [0.717, 1.165) is 0 Å².